The van der Waals surface area contributed by atoms with Gasteiger partial charge in [-0.25, -0.2) is 4.98 Å². The van der Waals surface area contributed by atoms with Crippen molar-refractivity contribution in [1.29, 1.82) is 0 Å². The Morgan fingerprint density at radius 1 is 1.60 bits per heavy atom. The van der Waals surface area contributed by atoms with Crippen LogP contribution in [0.3, 0.4) is 0 Å². The van der Waals surface area contributed by atoms with Gasteiger partial charge in [-0.2, -0.15) is 0 Å². The molecule has 0 saturated carbocycles. The lowest BCUT2D eigenvalue weighted by atomic mass is 10.2. The third kappa shape index (κ3) is 2.59. The minimum Gasteiger partial charge on any atom is -0.397 e. The predicted molar refractivity (Wildman–Crippen MR) is 60.7 cm³/mol. The number of hydrogen-bond acceptors (Lipinski definition) is 4. The lowest BCUT2D eigenvalue weighted by molar-refractivity contribution is 0.100. The van der Waals surface area contributed by atoms with Crippen LogP contribution in [-0.4, -0.2) is 24.5 Å². The smallest absolute Gasteiger partial charge is 0.250 e. The second kappa shape index (κ2) is 4.63. The van der Waals surface area contributed by atoms with E-state index in [1.54, 1.807) is 6.07 Å². The molecule has 0 atom stereocenters. The molecule has 0 aliphatic heterocycles. The molecule has 1 rings (SSSR count). The minimum absolute atomic E-state index is 0.316. The highest BCUT2D eigenvalue weighted by Crippen LogP contribution is 2.16. The number of pyridine rings is 1. The first-order valence-corrected chi connectivity index (χ1v) is 4.82. The van der Waals surface area contributed by atoms with Crippen molar-refractivity contribution in [2.75, 3.05) is 24.2 Å². The first-order valence-electron chi connectivity index (χ1n) is 4.82. The molecule has 0 saturated heterocycles. The van der Waals surface area contributed by atoms with Crippen molar-refractivity contribution in [2.45, 2.75) is 13.3 Å². The summed E-state index contributed by atoms with van der Waals surface area (Å²) >= 11 is 0. The normalized spacial score (nSPS) is 10.0. The van der Waals surface area contributed by atoms with Crippen molar-refractivity contribution in [2.24, 2.45) is 5.73 Å². The fourth-order valence-corrected chi connectivity index (χ4v) is 1.33. The number of carbonyl (C=O) groups is 1. The molecule has 1 amide bonds. The Kier molecular flexibility index (Phi) is 3.49. The predicted octanol–water partition coefficient (Wildman–Crippen LogP) is 0.609. The third-order valence-corrected chi connectivity index (χ3v) is 2.14. The summed E-state index contributed by atoms with van der Waals surface area (Å²) in [4.78, 5) is 17.1. The zero-order valence-electron chi connectivity index (χ0n) is 9.03. The quantitative estimate of drug-likeness (QED) is 0.759. The average Bonchev–Trinajstić information content (AvgIpc) is 2.18. The molecule has 1 aromatic heterocycles. The maximum absolute atomic E-state index is 11.1. The van der Waals surface area contributed by atoms with Gasteiger partial charge in [0.1, 0.15) is 5.82 Å². The van der Waals surface area contributed by atoms with Gasteiger partial charge in [-0.05, 0) is 12.5 Å². The van der Waals surface area contributed by atoms with Gasteiger partial charge in [0.25, 0.3) is 5.91 Å². The number of amides is 1. The van der Waals surface area contributed by atoms with E-state index in [4.69, 9.17) is 11.5 Å². The van der Waals surface area contributed by atoms with Crippen molar-refractivity contribution in [1.82, 2.24) is 4.98 Å². The van der Waals surface area contributed by atoms with Crippen LogP contribution < -0.4 is 16.4 Å². The molecule has 0 spiro atoms. The van der Waals surface area contributed by atoms with Gasteiger partial charge in [0.05, 0.1) is 17.4 Å². The highest BCUT2D eigenvalue weighted by Gasteiger charge is 2.09. The van der Waals surface area contributed by atoms with Crippen molar-refractivity contribution in [3.8, 4) is 0 Å². The van der Waals surface area contributed by atoms with Gasteiger partial charge in [0, 0.05) is 13.6 Å². The zero-order chi connectivity index (χ0) is 11.4. The molecule has 1 heterocycles. The van der Waals surface area contributed by atoms with E-state index in [2.05, 4.69) is 11.9 Å². The molecule has 0 aromatic carbocycles. The van der Waals surface area contributed by atoms with E-state index in [-0.39, 0.29) is 0 Å². The maximum Gasteiger partial charge on any atom is 0.250 e. The molecular weight excluding hydrogens is 192 g/mol. The molecule has 82 valence electrons. The summed E-state index contributed by atoms with van der Waals surface area (Å²) in [6, 6.07) is 1.62. The lowest BCUT2D eigenvalue weighted by Gasteiger charge is -2.17. The van der Waals surface area contributed by atoms with Gasteiger partial charge < -0.3 is 16.4 Å². The van der Waals surface area contributed by atoms with Crippen LogP contribution in [0.5, 0.6) is 0 Å². The van der Waals surface area contributed by atoms with Gasteiger partial charge in [-0.3, -0.25) is 4.79 Å². The number of nitrogen functional groups attached to an aromatic ring is 1. The number of nitrogens with zero attached hydrogens (tertiary/aromatic N) is 2. The number of anilines is 2. The van der Waals surface area contributed by atoms with E-state index in [9.17, 15) is 4.79 Å². The Hall–Kier alpha value is -1.78. The summed E-state index contributed by atoms with van der Waals surface area (Å²) in [5.41, 5.74) is 11.4. The van der Waals surface area contributed by atoms with Crippen LogP contribution in [0.2, 0.25) is 0 Å². The van der Waals surface area contributed by atoms with Crippen molar-refractivity contribution in [3.63, 3.8) is 0 Å². The number of primary amides is 1. The Labute approximate surface area is 89.1 Å². The van der Waals surface area contributed by atoms with Crippen LogP contribution in [0.1, 0.15) is 23.7 Å². The summed E-state index contributed by atoms with van der Waals surface area (Å²) < 4.78 is 0. The average molecular weight is 208 g/mol. The molecule has 0 fully saturated rings. The number of aromatic nitrogens is 1. The second-order valence-electron chi connectivity index (χ2n) is 3.42. The largest absolute Gasteiger partial charge is 0.397 e. The molecule has 0 radical (unpaired) electrons. The van der Waals surface area contributed by atoms with E-state index in [0.29, 0.717) is 17.1 Å². The van der Waals surface area contributed by atoms with Crippen molar-refractivity contribution >= 4 is 17.4 Å². The number of carbonyl (C=O) groups excluding carboxylic acids is 1. The first kappa shape index (κ1) is 11.3. The molecule has 0 aliphatic rings. The molecule has 15 heavy (non-hydrogen) atoms. The molecule has 4 N–H and O–H groups in total. The number of hydrogen-bond donors (Lipinski definition) is 2. The Morgan fingerprint density at radius 3 is 2.80 bits per heavy atom. The molecule has 5 heteroatoms. The van der Waals surface area contributed by atoms with E-state index >= 15 is 0 Å². The maximum atomic E-state index is 11.1. The van der Waals surface area contributed by atoms with Gasteiger partial charge in [0.2, 0.25) is 0 Å². The van der Waals surface area contributed by atoms with Crippen molar-refractivity contribution < 1.29 is 4.79 Å². The fraction of sp³-hybridized carbons (Fsp3) is 0.400. The Balaban J connectivity index is 3.02. The molecule has 0 bridgehead atoms. The van der Waals surface area contributed by atoms with Crippen LogP contribution in [-0.2, 0) is 0 Å². The van der Waals surface area contributed by atoms with Crippen molar-refractivity contribution in [3.05, 3.63) is 17.8 Å². The van der Waals surface area contributed by atoms with E-state index < -0.39 is 5.91 Å². The number of nitrogens with two attached hydrogens (primary N) is 2. The minimum atomic E-state index is -0.527. The summed E-state index contributed by atoms with van der Waals surface area (Å²) in [6.45, 7) is 2.94. The third-order valence-electron chi connectivity index (χ3n) is 2.14. The summed E-state index contributed by atoms with van der Waals surface area (Å²) in [6.07, 6.45) is 2.47. The molecular formula is C10H16N4O. The molecule has 0 unspecified atom stereocenters. The zero-order valence-corrected chi connectivity index (χ0v) is 9.03. The van der Waals surface area contributed by atoms with Crippen LogP contribution in [0.15, 0.2) is 12.3 Å². The second-order valence-corrected chi connectivity index (χ2v) is 3.42. The van der Waals surface area contributed by atoms with E-state index in [0.717, 1.165) is 13.0 Å². The lowest BCUT2D eigenvalue weighted by Crippen LogP contribution is -2.21. The highest BCUT2D eigenvalue weighted by atomic mass is 16.1. The van der Waals surface area contributed by atoms with Gasteiger partial charge in [0.15, 0.2) is 0 Å². The van der Waals surface area contributed by atoms with Gasteiger partial charge >= 0.3 is 0 Å². The van der Waals surface area contributed by atoms with Crippen LogP contribution in [0, 0.1) is 0 Å². The standard InChI is InChI=1S/C10H16N4O/c1-3-4-14(2)9-5-7(10(12)15)8(11)6-13-9/h5-6H,3-4,11H2,1-2H3,(H2,12,15). The van der Waals surface area contributed by atoms with Crippen LogP contribution in [0.25, 0.3) is 0 Å². The first-order chi connectivity index (χ1) is 7.06. The number of rotatable bonds is 4. The Bertz CT molecular complexity index is 364. The summed E-state index contributed by atoms with van der Waals surface area (Å²) in [5, 5.41) is 0. The topological polar surface area (TPSA) is 85.2 Å². The summed E-state index contributed by atoms with van der Waals surface area (Å²) in [5.74, 6) is 0.181. The monoisotopic (exact) mass is 208 g/mol. The van der Waals surface area contributed by atoms with E-state index in [1.165, 1.54) is 6.20 Å². The van der Waals surface area contributed by atoms with Crippen LogP contribution >= 0.6 is 0 Å². The molecule has 5 nitrogen and oxygen atoms in total. The summed E-state index contributed by atoms with van der Waals surface area (Å²) in [7, 11) is 1.91. The van der Waals surface area contributed by atoms with Crippen LogP contribution in [0.4, 0.5) is 11.5 Å². The molecule has 1 aromatic rings. The SMILES string of the molecule is CCCN(C)c1cc(C(N)=O)c(N)cn1. The fourth-order valence-electron chi connectivity index (χ4n) is 1.33. The van der Waals surface area contributed by atoms with E-state index in [1.807, 2.05) is 11.9 Å². The highest BCUT2D eigenvalue weighted by molar-refractivity contribution is 5.98. The van der Waals surface area contributed by atoms with Gasteiger partial charge in [-0.15, -0.1) is 0 Å². The van der Waals surface area contributed by atoms with Gasteiger partial charge in [-0.1, -0.05) is 6.92 Å². The molecule has 0 aliphatic carbocycles. The Morgan fingerprint density at radius 2 is 2.27 bits per heavy atom.